The number of methoxy groups -OCH3 is 1. The Labute approximate surface area is 118 Å². The number of rotatable bonds is 5. The van der Waals surface area contributed by atoms with Crippen molar-refractivity contribution in [2.45, 2.75) is 13.3 Å². The van der Waals surface area contributed by atoms with Gasteiger partial charge in [0.15, 0.2) is 0 Å². The SMILES string of the molecule is COCCc1ccc(Oc2cc(C#N)cc(C)n2)cc1. The van der Waals surface area contributed by atoms with Crippen LogP contribution >= 0.6 is 0 Å². The van der Waals surface area contributed by atoms with Crippen LogP contribution in [-0.4, -0.2) is 18.7 Å². The molecule has 0 amide bonds. The lowest BCUT2D eigenvalue weighted by Crippen LogP contribution is -1.95. The fraction of sp³-hybridized carbons (Fsp3) is 0.250. The van der Waals surface area contributed by atoms with E-state index in [-0.39, 0.29) is 0 Å². The molecule has 0 radical (unpaired) electrons. The maximum Gasteiger partial charge on any atom is 0.220 e. The quantitative estimate of drug-likeness (QED) is 0.835. The summed E-state index contributed by atoms with van der Waals surface area (Å²) < 4.78 is 10.7. The van der Waals surface area contributed by atoms with Gasteiger partial charge < -0.3 is 9.47 Å². The van der Waals surface area contributed by atoms with Crippen LogP contribution in [0.2, 0.25) is 0 Å². The van der Waals surface area contributed by atoms with E-state index in [2.05, 4.69) is 11.1 Å². The molecule has 20 heavy (non-hydrogen) atoms. The highest BCUT2D eigenvalue weighted by atomic mass is 16.5. The van der Waals surface area contributed by atoms with Gasteiger partial charge in [-0.2, -0.15) is 5.26 Å². The number of aryl methyl sites for hydroxylation is 1. The maximum atomic E-state index is 8.93. The summed E-state index contributed by atoms with van der Waals surface area (Å²) in [5.41, 5.74) is 2.49. The van der Waals surface area contributed by atoms with E-state index in [1.165, 1.54) is 5.56 Å². The highest BCUT2D eigenvalue weighted by Gasteiger charge is 2.03. The lowest BCUT2D eigenvalue weighted by Gasteiger charge is -2.07. The molecule has 1 aromatic heterocycles. The molecule has 4 heteroatoms. The van der Waals surface area contributed by atoms with Crippen LogP contribution in [0.1, 0.15) is 16.8 Å². The predicted molar refractivity (Wildman–Crippen MR) is 75.8 cm³/mol. The first-order chi connectivity index (χ1) is 9.71. The van der Waals surface area contributed by atoms with Crippen LogP contribution in [0.5, 0.6) is 11.6 Å². The predicted octanol–water partition coefficient (Wildman–Crippen LogP) is 3.24. The van der Waals surface area contributed by atoms with Crippen molar-refractivity contribution in [3.05, 3.63) is 53.2 Å². The van der Waals surface area contributed by atoms with Gasteiger partial charge in [0.05, 0.1) is 18.2 Å². The van der Waals surface area contributed by atoms with E-state index < -0.39 is 0 Å². The van der Waals surface area contributed by atoms with E-state index in [0.29, 0.717) is 23.8 Å². The number of hydrogen-bond acceptors (Lipinski definition) is 4. The molecule has 0 saturated carbocycles. The Morgan fingerprint density at radius 3 is 2.60 bits per heavy atom. The second kappa shape index (κ2) is 6.69. The fourth-order valence-corrected chi connectivity index (χ4v) is 1.82. The molecular weight excluding hydrogens is 252 g/mol. The summed E-state index contributed by atoms with van der Waals surface area (Å²) in [6.07, 6.45) is 0.873. The standard InChI is InChI=1S/C16H16N2O2/c1-12-9-14(11-17)10-16(18-12)20-15-5-3-13(4-6-15)7-8-19-2/h3-6,9-10H,7-8H2,1-2H3. The topological polar surface area (TPSA) is 55.1 Å². The van der Waals surface area contributed by atoms with Crippen LogP contribution in [0.4, 0.5) is 0 Å². The van der Waals surface area contributed by atoms with Gasteiger partial charge in [-0.3, -0.25) is 0 Å². The summed E-state index contributed by atoms with van der Waals surface area (Å²) in [5, 5.41) is 8.93. The molecule has 0 saturated heterocycles. The van der Waals surface area contributed by atoms with Crippen LogP contribution in [0.3, 0.4) is 0 Å². The highest BCUT2D eigenvalue weighted by Crippen LogP contribution is 2.21. The van der Waals surface area contributed by atoms with E-state index in [1.54, 1.807) is 19.2 Å². The first-order valence-electron chi connectivity index (χ1n) is 6.36. The number of benzene rings is 1. The van der Waals surface area contributed by atoms with Crippen molar-refractivity contribution >= 4 is 0 Å². The summed E-state index contributed by atoms with van der Waals surface area (Å²) in [7, 11) is 1.69. The van der Waals surface area contributed by atoms with Gasteiger partial charge in [-0.05, 0) is 37.1 Å². The first kappa shape index (κ1) is 14.0. The molecule has 2 rings (SSSR count). The van der Waals surface area contributed by atoms with Crippen molar-refractivity contribution in [3.63, 3.8) is 0 Å². The normalized spacial score (nSPS) is 10.1. The Morgan fingerprint density at radius 2 is 1.95 bits per heavy atom. The third-order valence-electron chi connectivity index (χ3n) is 2.80. The van der Waals surface area contributed by atoms with E-state index in [4.69, 9.17) is 14.7 Å². The molecule has 2 aromatic rings. The number of nitrogens with zero attached hydrogens (tertiary/aromatic N) is 2. The molecule has 0 aliphatic carbocycles. The summed E-state index contributed by atoms with van der Waals surface area (Å²) in [6.45, 7) is 2.53. The van der Waals surface area contributed by atoms with Crippen LogP contribution in [0.25, 0.3) is 0 Å². The number of hydrogen-bond donors (Lipinski definition) is 0. The second-order valence-electron chi connectivity index (χ2n) is 4.44. The van der Waals surface area contributed by atoms with Gasteiger partial charge in [-0.1, -0.05) is 12.1 Å². The zero-order valence-corrected chi connectivity index (χ0v) is 11.6. The van der Waals surface area contributed by atoms with Gasteiger partial charge in [0, 0.05) is 18.9 Å². The first-order valence-corrected chi connectivity index (χ1v) is 6.36. The average molecular weight is 268 g/mol. The van der Waals surface area contributed by atoms with Crippen LogP contribution in [0.15, 0.2) is 36.4 Å². The van der Waals surface area contributed by atoms with Gasteiger partial charge in [0.1, 0.15) is 5.75 Å². The van der Waals surface area contributed by atoms with Crippen molar-refractivity contribution in [1.82, 2.24) is 4.98 Å². The molecule has 0 bridgehead atoms. The largest absolute Gasteiger partial charge is 0.439 e. The summed E-state index contributed by atoms with van der Waals surface area (Å²) in [5.74, 6) is 1.14. The number of pyridine rings is 1. The molecule has 0 spiro atoms. The van der Waals surface area contributed by atoms with E-state index in [9.17, 15) is 0 Å². The third-order valence-corrected chi connectivity index (χ3v) is 2.80. The smallest absolute Gasteiger partial charge is 0.220 e. The molecule has 102 valence electrons. The minimum Gasteiger partial charge on any atom is -0.439 e. The van der Waals surface area contributed by atoms with Gasteiger partial charge in [-0.15, -0.1) is 0 Å². The van der Waals surface area contributed by atoms with Crippen molar-refractivity contribution in [3.8, 4) is 17.7 Å². The monoisotopic (exact) mass is 268 g/mol. The zero-order valence-electron chi connectivity index (χ0n) is 11.6. The van der Waals surface area contributed by atoms with Crippen molar-refractivity contribution in [2.75, 3.05) is 13.7 Å². The molecule has 0 aliphatic heterocycles. The third kappa shape index (κ3) is 3.81. The summed E-state index contributed by atoms with van der Waals surface area (Å²) >= 11 is 0. The molecule has 4 nitrogen and oxygen atoms in total. The van der Waals surface area contributed by atoms with Crippen molar-refractivity contribution in [2.24, 2.45) is 0 Å². The van der Waals surface area contributed by atoms with Gasteiger partial charge in [0.25, 0.3) is 0 Å². The minimum absolute atomic E-state index is 0.436. The average Bonchev–Trinajstić information content (AvgIpc) is 2.46. The molecule has 0 unspecified atom stereocenters. The summed E-state index contributed by atoms with van der Waals surface area (Å²) in [6, 6.07) is 13.2. The molecule has 0 aliphatic rings. The van der Waals surface area contributed by atoms with Crippen molar-refractivity contribution < 1.29 is 9.47 Å². The second-order valence-corrected chi connectivity index (χ2v) is 4.44. The highest BCUT2D eigenvalue weighted by molar-refractivity contribution is 5.37. The van der Waals surface area contributed by atoms with Crippen LogP contribution in [-0.2, 0) is 11.2 Å². The van der Waals surface area contributed by atoms with E-state index in [0.717, 1.165) is 12.1 Å². The van der Waals surface area contributed by atoms with Crippen LogP contribution < -0.4 is 4.74 Å². The molecule has 0 fully saturated rings. The Morgan fingerprint density at radius 1 is 1.20 bits per heavy atom. The van der Waals surface area contributed by atoms with Crippen LogP contribution in [0, 0.1) is 18.3 Å². The lowest BCUT2D eigenvalue weighted by molar-refractivity contribution is 0.202. The summed E-state index contributed by atoms with van der Waals surface area (Å²) in [4.78, 5) is 4.26. The van der Waals surface area contributed by atoms with E-state index in [1.807, 2.05) is 31.2 Å². The van der Waals surface area contributed by atoms with E-state index >= 15 is 0 Å². The minimum atomic E-state index is 0.436. The molecule has 1 heterocycles. The fourth-order valence-electron chi connectivity index (χ4n) is 1.82. The number of nitriles is 1. The lowest BCUT2D eigenvalue weighted by atomic mass is 10.1. The Balaban J connectivity index is 2.10. The zero-order chi connectivity index (χ0) is 14.4. The Bertz CT molecular complexity index is 615. The Hall–Kier alpha value is -2.38. The van der Waals surface area contributed by atoms with Gasteiger partial charge in [0.2, 0.25) is 5.88 Å². The number of aromatic nitrogens is 1. The van der Waals surface area contributed by atoms with Gasteiger partial charge in [-0.25, -0.2) is 4.98 Å². The molecule has 0 atom stereocenters. The van der Waals surface area contributed by atoms with Crippen molar-refractivity contribution in [1.29, 1.82) is 5.26 Å². The Kier molecular flexibility index (Phi) is 4.70. The molecule has 1 aromatic carbocycles. The number of ether oxygens (including phenoxy) is 2. The molecule has 0 N–H and O–H groups in total. The maximum absolute atomic E-state index is 8.93. The van der Waals surface area contributed by atoms with Gasteiger partial charge >= 0.3 is 0 Å². The molecular formula is C16H16N2O2.